The van der Waals surface area contributed by atoms with E-state index >= 15 is 0 Å². The van der Waals surface area contributed by atoms with Gasteiger partial charge in [-0.2, -0.15) is 0 Å². The van der Waals surface area contributed by atoms with Crippen molar-refractivity contribution in [3.63, 3.8) is 0 Å². The zero-order valence-corrected chi connectivity index (χ0v) is 13.5. The number of fused-ring (bicyclic) bond motifs is 3. The molecule has 118 valence electrons. The van der Waals surface area contributed by atoms with Gasteiger partial charge in [-0.25, -0.2) is 0 Å². The van der Waals surface area contributed by atoms with Crippen molar-refractivity contribution >= 4 is 33.4 Å². The number of hydrogen-bond donors (Lipinski definition) is 1. The van der Waals surface area contributed by atoms with Gasteiger partial charge in [-0.1, -0.05) is 31.0 Å². The van der Waals surface area contributed by atoms with Crippen LogP contribution in [0.1, 0.15) is 32.6 Å². The van der Waals surface area contributed by atoms with Crippen LogP contribution in [0.5, 0.6) is 0 Å². The quantitative estimate of drug-likeness (QED) is 0.730. The lowest BCUT2D eigenvalue weighted by atomic mass is 10.1. The van der Waals surface area contributed by atoms with E-state index in [0.29, 0.717) is 0 Å². The maximum absolute atomic E-state index is 12.4. The Morgan fingerprint density at radius 3 is 2.61 bits per heavy atom. The number of anilines is 1. The van der Waals surface area contributed by atoms with Gasteiger partial charge in [0.1, 0.15) is 0 Å². The largest absolute Gasteiger partial charge is 0.341 e. The van der Waals surface area contributed by atoms with Crippen LogP contribution < -0.4 is 5.32 Å². The zero-order valence-electron chi connectivity index (χ0n) is 13.5. The molecule has 1 fully saturated rings. The summed E-state index contributed by atoms with van der Waals surface area (Å²) in [6, 6.07) is 14.8. The molecule has 0 aliphatic heterocycles. The summed E-state index contributed by atoms with van der Waals surface area (Å²) in [4.78, 5) is 12.4. The molecule has 1 saturated carbocycles. The van der Waals surface area contributed by atoms with E-state index in [1.54, 1.807) is 0 Å². The SMILES string of the molecule is CCn1c2ccccc2c2cc(NC(=O)C3CCCC3)ccc21. The number of rotatable bonds is 3. The lowest BCUT2D eigenvalue weighted by Crippen LogP contribution is -2.20. The fourth-order valence-corrected chi connectivity index (χ4v) is 3.90. The van der Waals surface area contributed by atoms with Crippen molar-refractivity contribution in [2.45, 2.75) is 39.2 Å². The van der Waals surface area contributed by atoms with Crippen LogP contribution in [0, 0.1) is 5.92 Å². The number of amides is 1. The van der Waals surface area contributed by atoms with Gasteiger partial charge in [0.2, 0.25) is 5.91 Å². The van der Waals surface area contributed by atoms with Crippen LogP contribution in [-0.2, 0) is 11.3 Å². The summed E-state index contributed by atoms with van der Waals surface area (Å²) >= 11 is 0. The van der Waals surface area contributed by atoms with E-state index in [-0.39, 0.29) is 11.8 Å². The van der Waals surface area contributed by atoms with Crippen LogP contribution in [-0.4, -0.2) is 10.5 Å². The third-order valence-electron chi connectivity index (χ3n) is 5.08. The van der Waals surface area contributed by atoms with E-state index in [4.69, 9.17) is 0 Å². The maximum Gasteiger partial charge on any atom is 0.227 e. The number of aryl methyl sites for hydroxylation is 1. The minimum absolute atomic E-state index is 0.182. The smallest absolute Gasteiger partial charge is 0.227 e. The second-order valence-corrected chi connectivity index (χ2v) is 6.46. The van der Waals surface area contributed by atoms with Crippen molar-refractivity contribution in [3.05, 3.63) is 42.5 Å². The van der Waals surface area contributed by atoms with Crippen molar-refractivity contribution in [3.8, 4) is 0 Å². The molecule has 4 rings (SSSR count). The first-order chi connectivity index (χ1) is 11.3. The number of hydrogen-bond acceptors (Lipinski definition) is 1. The summed E-state index contributed by atoms with van der Waals surface area (Å²) in [5.74, 6) is 0.378. The molecule has 0 saturated heterocycles. The zero-order chi connectivity index (χ0) is 15.8. The molecule has 0 bridgehead atoms. The van der Waals surface area contributed by atoms with Crippen molar-refractivity contribution in [2.75, 3.05) is 5.32 Å². The third-order valence-corrected chi connectivity index (χ3v) is 5.08. The summed E-state index contributed by atoms with van der Waals surface area (Å²) in [5.41, 5.74) is 3.39. The molecule has 1 aliphatic carbocycles. The van der Waals surface area contributed by atoms with Gasteiger partial charge in [0.25, 0.3) is 0 Å². The first kappa shape index (κ1) is 14.3. The van der Waals surface area contributed by atoms with Crippen LogP contribution in [0.25, 0.3) is 21.8 Å². The van der Waals surface area contributed by atoms with Crippen LogP contribution in [0.2, 0.25) is 0 Å². The molecule has 0 spiro atoms. The monoisotopic (exact) mass is 306 g/mol. The van der Waals surface area contributed by atoms with Crippen molar-refractivity contribution in [2.24, 2.45) is 5.92 Å². The molecule has 1 aliphatic rings. The molecule has 3 heteroatoms. The van der Waals surface area contributed by atoms with Crippen molar-refractivity contribution in [1.82, 2.24) is 4.57 Å². The summed E-state index contributed by atoms with van der Waals surface area (Å²) in [6.07, 6.45) is 4.43. The average Bonchev–Trinajstić information content (AvgIpc) is 3.21. The highest BCUT2D eigenvalue weighted by molar-refractivity contribution is 6.09. The molecule has 3 aromatic rings. The average molecular weight is 306 g/mol. The minimum Gasteiger partial charge on any atom is -0.341 e. The molecular weight excluding hydrogens is 284 g/mol. The second-order valence-electron chi connectivity index (χ2n) is 6.46. The Hall–Kier alpha value is -2.29. The number of aromatic nitrogens is 1. The van der Waals surface area contributed by atoms with Crippen molar-refractivity contribution < 1.29 is 4.79 Å². The Balaban J connectivity index is 1.75. The van der Waals surface area contributed by atoms with Gasteiger partial charge in [-0.3, -0.25) is 4.79 Å². The Morgan fingerprint density at radius 2 is 1.83 bits per heavy atom. The van der Waals surface area contributed by atoms with Crippen LogP contribution in [0.4, 0.5) is 5.69 Å². The fraction of sp³-hybridized carbons (Fsp3) is 0.350. The van der Waals surface area contributed by atoms with Gasteiger partial charge >= 0.3 is 0 Å². The van der Waals surface area contributed by atoms with Gasteiger partial charge in [-0.15, -0.1) is 0 Å². The Labute approximate surface area is 136 Å². The number of benzene rings is 2. The number of carbonyl (C=O) groups is 1. The number of para-hydroxylation sites is 1. The first-order valence-corrected chi connectivity index (χ1v) is 8.60. The van der Waals surface area contributed by atoms with E-state index in [9.17, 15) is 4.79 Å². The number of carbonyl (C=O) groups excluding carboxylic acids is 1. The molecule has 3 nitrogen and oxygen atoms in total. The molecule has 1 N–H and O–H groups in total. The van der Waals surface area contributed by atoms with Gasteiger partial charge in [-0.05, 0) is 44.0 Å². The summed E-state index contributed by atoms with van der Waals surface area (Å²) in [7, 11) is 0. The van der Waals surface area contributed by atoms with Crippen molar-refractivity contribution in [1.29, 1.82) is 0 Å². The molecule has 0 atom stereocenters. The minimum atomic E-state index is 0.182. The molecule has 1 aromatic heterocycles. The van der Waals surface area contributed by atoms with Gasteiger partial charge < -0.3 is 9.88 Å². The molecule has 23 heavy (non-hydrogen) atoms. The molecule has 1 heterocycles. The standard InChI is InChI=1S/C20H22N2O/c1-2-22-18-10-6-5-9-16(18)17-13-15(11-12-19(17)22)21-20(23)14-7-3-4-8-14/h5-6,9-14H,2-4,7-8H2,1H3,(H,21,23). The lowest BCUT2D eigenvalue weighted by molar-refractivity contribution is -0.119. The van der Waals surface area contributed by atoms with E-state index in [1.165, 1.54) is 34.6 Å². The Kier molecular flexibility index (Phi) is 3.56. The van der Waals surface area contributed by atoms with E-state index < -0.39 is 0 Å². The Morgan fingerprint density at radius 1 is 1.09 bits per heavy atom. The predicted octanol–water partition coefficient (Wildman–Crippen LogP) is 4.94. The summed E-state index contributed by atoms with van der Waals surface area (Å²) in [6.45, 7) is 3.11. The molecule has 1 amide bonds. The van der Waals surface area contributed by atoms with E-state index in [0.717, 1.165) is 25.1 Å². The highest BCUT2D eigenvalue weighted by atomic mass is 16.1. The van der Waals surface area contributed by atoms with Gasteiger partial charge in [0, 0.05) is 40.0 Å². The molecule has 2 aromatic carbocycles. The van der Waals surface area contributed by atoms with E-state index in [1.807, 2.05) is 6.07 Å². The van der Waals surface area contributed by atoms with Gasteiger partial charge in [0.15, 0.2) is 0 Å². The Bertz CT molecular complexity index is 872. The molecule has 0 unspecified atom stereocenters. The highest BCUT2D eigenvalue weighted by Crippen LogP contribution is 2.32. The molecular formula is C20H22N2O. The topological polar surface area (TPSA) is 34.0 Å². The first-order valence-electron chi connectivity index (χ1n) is 8.60. The molecule has 0 radical (unpaired) electrons. The van der Waals surface area contributed by atoms with Crippen LogP contribution in [0.3, 0.4) is 0 Å². The number of nitrogens with one attached hydrogen (secondary N) is 1. The van der Waals surface area contributed by atoms with Crippen LogP contribution >= 0.6 is 0 Å². The lowest BCUT2D eigenvalue weighted by Gasteiger charge is -2.10. The summed E-state index contributed by atoms with van der Waals surface area (Å²) < 4.78 is 2.33. The third kappa shape index (κ3) is 2.40. The van der Waals surface area contributed by atoms with Crippen LogP contribution in [0.15, 0.2) is 42.5 Å². The summed E-state index contributed by atoms with van der Waals surface area (Å²) in [5, 5.41) is 5.59. The normalized spacial score (nSPS) is 15.5. The van der Waals surface area contributed by atoms with E-state index in [2.05, 4.69) is 53.2 Å². The maximum atomic E-state index is 12.4. The highest BCUT2D eigenvalue weighted by Gasteiger charge is 2.22. The van der Waals surface area contributed by atoms with Gasteiger partial charge in [0.05, 0.1) is 0 Å². The second kappa shape index (κ2) is 5.73. The fourth-order valence-electron chi connectivity index (χ4n) is 3.90. The number of nitrogens with zero attached hydrogens (tertiary/aromatic N) is 1. The predicted molar refractivity (Wildman–Crippen MR) is 95.7 cm³/mol.